The average Bonchev–Trinajstić information content (AvgIpc) is 2.44. The number of nitrogens with two attached hydrogens (primary N) is 1. The van der Waals surface area contributed by atoms with Gasteiger partial charge in [-0.15, -0.1) is 0 Å². The minimum atomic E-state index is -0.519. The lowest BCUT2D eigenvalue weighted by Crippen LogP contribution is -2.38. The van der Waals surface area contributed by atoms with Crippen LogP contribution >= 0.6 is 0 Å². The van der Waals surface area contributed by atoms with E-state index in [1.165, 1.54) is 24.3 Å². The van der Waals surface area contributed by atoms with Crippen molar-refractivity contribution in [2.75, 3.05) is 19.6 Å². The fourth-order valence-electron chi connectivity index (χ4n) is 1.88. The van der Waals surface area contributed by atoms with E-state index < -0.39 is 10.8 Å². The first-order valence-electron chi connectivity index (χ1n) is 6.72. The largest absolute Gasteiger partial charge is 0.369 e. The van der Waals surface area contributed by atoms with Crippen LogP contribution in [-0.4, -0.2) is 41.1 Å². The van der Waals surface area contributed by atoms with Crippen LogP contribution in [0, 0.1) is 10.1 Å². The number of amides is 1. The summed E-state index contributed by atoms with van der Waals surface area (Å²) in [4.78, 5) is 34.9. The number of carbonyl (C=O) groups is 2. The van der Waals surface area contributed by atoms with Crippen molar-refractivity contribution in [2.24, 2.45) is 5.73 Å². The van der Waals surface area contributed by atoms with Gasteiger partial charge in [-0.05, 0) is 25.1 Å². The summed E-state index contributed by atoms with van der Waals surface area (Å²) in [6.45, 7) is 2.72. The quantitative estimate of drug-likeness (QED) is 0.420. The molecule has 7 nitrogen and oxygen atoms in total. The van der Waals surface area contributed by atoms with Gasteiger partial charge in [0, 0.05) is 17.7 Å². The van der Waals surface area contributed by atoms with Crippen molar-refractivity contribution in [1.29, 1.82) is 0 Å². The molecule has 2 N–H and O–H groups in total. The van der Waals surface area contributed by atoms with Crippen LogP contribution in [0.1, 0.15) is 30.1 Å². The Morgan fingerprint density at radius 2 is 1.86 bits per heavy atom. The van der Waals surface area contributed by atoms with Gasteiger partial charge < -0.3 is 5.73 Å². The molecule has 0 unspecified atom stereocenters. The molecule has 0 bridgehead atoms. The van der Waals surface area contributed by atoms with Gasteiger partial charge in [-0.3, -0.25) is 24.6 Å². The first kappa shape index (κ1) is 16.8. The number of ketones is 1. The molecule has 7 heteroatoms. The number of nitro groups is 1. The van der Waals surface area contributed by atoms with E-state index in [0.29, 0.717) is 12.1 Å². The van der Waals surface area contributed by atoms with E-state index in [0.717, 1.165) is 12.8 Å². The van der Waals surface area contributed by atoms with Gasteiger partial charge in [0.25, 0.3) is 5.69 Å². The standard InChI is InChI=1S/C14H19N3O4/c1-2-3-8-16(10-14(15)19)9-13(18)11-4-6-12(7-5-11)17(20)21/h4-7H,2-3,8-10H2,1H3,(H2,15,19). The first-order chi connectivity index (χ1) is 9.93. The second kappa shape index (κ2) is 8.11. The summed E-state index contributed by atoms with van der Waals surface area (Å²) in [6, 6.07) is 5.42. The number of rotatable bonds is 9. The van der Waals surface area contributed by atoms with Crippen LogP contribution in [0.2, 0.25) is 0 Å². The molecule has 0 aliphatic rings. The molecular formula is C14H19N3O4. The van der Waals surface area contributed by atoms with Gasteiger partial charge in [0.05, 0.1) is 18.0 Å². The Balaban J connectivity index is 2.71. The van der Waals surface area contributed by atoms with Gasteiger partial charge in [-0.2, -0.15) is 0 Å². The van der Waals surface area contributed by atoms with Gasteiger partial charge in [0.2, 0.25) is 5.91 Å². The van der Waals surface area contributed by atoms with E-state index in [1.807, 2.05) is 6.92 Å². The number of unbranched alkanes of at least 4 members (excludes halogenated alkanes) is 1. The molecule has 1 amide bonds. The predicted octanol–water partition coefficient (Wildman–Crippen LogP) is 1.36. The maximum absolute atomic E-state index is 12.1. The Hall–Kier alpha value is -2.28. The number of non-ortho nitro benzene ring substituents is 1. The molecule has 114 valence electrons. The van der Waals surface area contributed by atoms with Crippen LogP contribution in [0.5, 0.6) is 0 Å². The zero-order valence-electron chi connectivity index (χ0n) is 11.9. The number of benzene rings is 1. The van der Waals surface area contributed by atoms with E-state index >= 15 is 0 Å². The van der Waals surface area contributed by atoms with Crippen molar-refractivity contribution in [3.8, 4) is 0 Å². The van der Waals surface area contributed by atoms with Crippen LogP contribution in [0.15, 0.2) is 24.3 Å². The van der Waals surface area contributed by atoms with Crippen molar-refractivity contribution >= 4 is 17.4 Å². The van der Waals surface area contributed by atoms with Crippen molar-refractivity contribution < 1.29 is 14.5 Å². The third kappa shape index (κ3) is 5.70. The zero-order chi connectivity index (χ0) is 15.8. The minimum absolute atomic E-state index is 0.0265. The van der Waals surface area contributed by atoms with E-state index in [4.69, 9.17) is 5.73 Å². The molecule has 0 atom stereocenters. The second-order valence-electron chi connectivity index (χ2n) is 4.76. The fraction of sp³-hybridized carbons (Fsp3) is 0.429. The molecule has 1 aromatic carbocycles. The maximum Gasteiger partial charge on any atom is 0.269 e. The van der Waals surface area contributed by atoms with Gasteiger partial charge in [-0.25, -0.2) is 0 Å². The van der Waals surface area contributed by atoms with E-state index in [2.05, 4.69) is 0 Å². The van der Waals surface area contributed by atoms with Crippen LogP contribution in [0.25, 0.3) is 0 Å². The highest BCUT2D eigenvalue weighted by molar-refractivity contribution is 5.98. The lowest BCUT2D eigenvalue weighted by atomic mass is 10.1. The molecule has 0 aliphatic heterocycles. The third-order valence-electron chi connectivity index (χ3n) is 2.97. The zero-order valence-corrected chi connectivity index (χ0v) is 11.9. The molecule has 0 aliphatic carbocycles. The molecule has 21 heavy (non-hydrogen) atoms. The van der Waals surface area contributed by atoms with Crippen LogP contribution in [-0.2, 0) is 4.79 Å². The van der Waals surface area contributed by atoms with E-state index in [1.54, 1.807) is 4.90 Å². The molecule has 1 rings (SSSR count). The summed E-state index contributed by atoms with van der Waals surface area (Å²) in [5.74, 6) is -0.676. The highest BCUT2D eigenvalue weighted by Gasteiger charge is 2.15. The van der Waals surface area contributed by atoms with Crippen LogP contribution in [0.3, 0.4) is 0 Å². The van der Waals surface area contributed by atoms with Crippen molar-refractivity contribution in [3.05, 3.63) is 39.9 Å². The predicted molar refractivity (Wildman–Crippen MR) is 78.0 cm³/mol. The van der Waals surface area contributed by atoms with Crippen molar-refractivity contribution in [1.82, 2.24) is 4.90 Å². The second-order valence-corrected chi connectivity index (χ2v) is 4.76. The van der Waals surface area contributed by atoms with Gasteiger partial charge in [0.1, 0.15) is 0 Å². The summed E-state index contributed by atoms with van der Waals surface area (Å²) < 4.78 is 0. The lowest BCUT2D eigenvalue weighted by molar-refractivity contribution is -0.384. The summed E-state index contributed by atoms with van der Waals surface area (Å²) >= 11 is 0. The number of nitrogens with zero attached hydrogens (tertiary/aromatic N) is 2. The smallest absolute Gasteiger partial charge is 0.269 e. The van der Waals surface area contributed by atoms with Gasteiger partial charge in [-0.1, -0.05) is 13.3 Å². The summed E-state index contributed by atoms with van der Waals surface area (Å²) in [5, 5.41) is 10.6. The third-order valence-corrected chi connectivity index (χ3v) is 2.97. The highest BCUT2D eigenvalue weighted by atomic mass is 16.6. The molecule has 0 saturated heterocycles. The highest BCUT2D eigenvalue weighted by Crippen LogP contribution is 2.12. The number of hydrogen-bond donors (Lipinski definition) is 1. The molecule has 0 fully saturated rings. The number of carbonyl (C=O) groups excluding carboxylic acids is 2. The summed E-state index contributed by atoms with van der Waals surface area (Å²) in [5.41, 5.74) is 5.48. The number of hydrogen-bond acceptors (Lipinski definition) is 5. The van der Waals surface area contributed by atoms with Crippen LogP contribution in [0.4, 0.5) is 5.69 Å². The number of Topliss-reactive ketones (excluding diaryl/α,β-unsaturated/α-hetero) is 1. The molecule has 0 radical (unpaired) electrons. The molecule has 1 aromatic rings. The van der Waals surface area contributed by atoms with E-state index in [9.17, 15) is 19.7 Å². The topological polar surface area (TPSA) is 107 Å². The molecular weight excluding hydrogens is 274 g/mol. The Labute approximate surface area is 122 Å². The summed E-state index contributed by atoms with van der Waals surface area (Å²) in [6.07, 6.45) is 1.81. The van der Waals surface area contributed by atoms with Gasteiger partial charge >= 0.3 is 0 Å². The van der Waals surface area contributed by atoms with Crippen molar-refractivity contribution in [3.63, 3.8) is 0 Å². The Morgan fingerprint density at radius 3 is 2.33 bits per heavy atom. The first-order valence-corrected chi connectivity index (χ1v) is 6.72. The van der Waals surface area contributed by atoms with Crippen LogP contribution < -0.4 is 5.73 Å². The monoisotopic (exact) mass is 293 g/mol. The Kier molecular flexibility index (Phi) is 6.48. The maximum atomic E-state index is 12.1. The summed E-state index contributed by atoms with van der Waals surface area (Å²) in [7, 11) is 0. The average molecular weight is 293 g/mol. The van der Waals surface area contributed by atoms with Crippen molar-refractivity contribution in [2.45, 2.75) is 19.8 Å². The Morgan fingerprint density at radius 1 is 1.24 bits per heavy atom. The van der Waals surface area contributed by atoms with E-state index in [-0.39, 0.29) is 24.6 Å². The number of nitro benzene ring substituents is 1. The molecule has 0 saturated carbocycles. The lowest BCUT2D eigenvalue weighted by Gasteiger charge is -2.19. The minimum Gasteiger partial charge on any atom is -0.369 e. The van der Waals surface area contributed by atoms with Gasteiger partial charge in [0.15, 0.2) is 5.78 Å². The SMILES string of the molecule is CCCCN(CC(N)=O)CC(=O)c1ccc([N+](=O)[O-])cc1. The molecule has 0 aromatic heterocycles. The Bertz CT molecular complexity index is 513. The normalized spacial score (nSPS) is 10.6. The molecule has 0 heterocycles. The fourth-order valence-corrected chi connectivity index (χ4v) is 1.88. The molecule has 0 spiro atoms. The number of primary amides is 1.